The Morgan fingerprint density at radius 1 is 1.28 bits per heavy atom. The van der Waals surface area contributed by atoms with Gasteiger partial charge in [0.25, 0.3) is 0 Å². The summed E-state index contributed by atoms with van der Waals surface area (Å²) < 4.78 is 9.96. The molecule has 1 aromatic heterocycles. The number of ether oxygens (including phenoxy) is 1. The molecular weight excluding hydrogens is 232 g/mol. The van der Waals surface area contributed by atoms with E-state index in [1.807, 2.05) is 30.3 Å². The summed E-state index contributed by atoms with van der Waals surface area (Å²) in [5.41, 5.74) is 3.16. The van der Waals surface area contributed by atoms with Crippen molar-refractivity contribution in [1.29, 1.82) is 0 Å². The highest BCUT2D eigenvalue weighted by Crippen LogP contribution is 2.00. The van der Waals surface area contributed by atoms with Gasteiger partial charge in [-0.1, -0.05) is 30.3 Å². The topological polar surface area (TPSA) is 63.8 Å². The number of carbonyl (C=O) groups excluding carboxylic acids is 1. The number of nitrogens with one attached hydrogen (secondary N) is 1. The van der Waals surface area contributed by atoms with Gasteiger partial charge in [0.05, 0.1) is 12.5 Å². The lowest BCUT2D eigenvalue weighted by atomic mass is 10.2. The van der Waals surface area contributed by atoms with E-state index < -0.39 is 6.09 Å². The third-order valence-electron chi connectivity index (χ3n) is 2.10. The largest absolute Gasteiger partial charge is 0.463 e. The van der Waals surface area contributed by atoms with Crippen LogP contribution in [0, 0.1) is 0 Å². The molecule has 1 aromatic carbocycles. The first-order valence-electron chi connectivity index (χ1n) is 5.38. The monoisotopic (exact) mass is 244 g/mol. The van der Waals surface area contributed by atoms with E-state index in [-0.39, 0.29) is 6.61 Å². The van der Waals surface area contributed by atoms with Gasteiger partial charge in [-0.2, -0.15) is 5.10 Å². The van der Waals surface area contributed by atoms with E-state index in [1.165, 1.54) is 12.5 Å². The molecule has 1 heterocycles. The Morgan fingerprint density at radius 2 is 2.11 bits per heavy atom. The zero-order valence-electron chi connectivity index (χ0n) is 9.58. The van der Waals surface area contributed by atoms with Crippen LogP contribution < -0.4 is 5.43 Å². The van der Waals surface area contributed by atoms with Crippen LogP contribution in [0.5, 0.6) is 0 Å². The molecule has 18 heavy (non-hydrogen) atoms. The molecule has 0 aliphatic rings. The third kappa shape index (κ3) is 3.79. The smallest absolute Gasteiger partial charge is 0.428 e. The van der Waals surface area contributed by atoms with Crippen molar-refractivity contribution in [2.75, 3.05) is 0 Å². The van der Waals surface area contributed by atoms with Crippen LogP contribution in [-0.2, 0) is 11.3 Å². The molecule has 0 aliphatic carbocycles. The Bertz CT molecular complexity index is 506. The summed E-state index contributed by atoms with van der Waals surface area (Å²) in [5, 5.41) is 3.68. The van der Waals surface area contributed by atoms with E-state index in [2.05, 4.69) is 10.5 Å². The standard InChI is InChI=1S/C13H12N2O3/c16-13(15-14-9-12-7-4-8-17-12)18-10-11-5-2-1-3-6-11/h1-9H,10H2,(H,15,16). The van der Waals surface area contributed by atoms with E-state index in [0.29, 0.717) is 5.76 Å². The summed E-state index contributed by atoms with van der Waals surface area (Å²) in [6, 6.07) is 12.9. The third-order valence-corrected chi connectivity index (χ3v) is 2.10. The molecule has 0 aliphatic heterocycles. The molecule has 5 nitrogen and oxygen atoms in total. The van der Waals surface area contributed by atoms with Crippen LogP contribution in [-0.4, -0.2) is 12.3 Å². The molecule has 1 N–H and O–H groups in total. The number of benzene rings is 1. The predicted molar refractivity (Wildman–Crippen MR) is 66.1 cm³/mol. The van der Waals surface area contributed by atoms with Crippen LogP contribution in [0.2, 0.25) is 0 Å². The first-order chi connectivity index (χ1) is 8.84. The SMILES string of the molecule is O=C(NN=Cc1ccco1)OCc1ccccc1. The number of rotatable bonds is 4. The fraction of sp³-hybridized carbons (Fsp3) is 0.0769. The van der Waals surface area contributed by atoms with Crippen LogP contribution in [0.15, 0.2) is 58.2 Å². The molecular formula is C13H12N2O3. The van der Waals surface area contributed by atoms with Crippen LogP contribution in [0.3, 0.4) is 0 Å². The second-order valence-corrected chi connectivity index (χ2v) is 3.45. The van der Waals surface area contributed by atoms with Crippen molar-refractivity contribution < 1.29 is 13.9 Å². The second-order valence-electron chi connectivity index (χ2n) is 3.45. The lowest BCUT2D eigenvalue weighted by Crippen LogP contribution is -2.18. The highest BCUT2D eigenvalue weighted by Gasteiger charge is 2.00. The predicted octanol–water partition coefficient (Wildman–Crippen LogP) is 2.54. The number of nitrogens with zero attached hydrogens (tertiary/aromatic N) is 1. The maximum absolute atomic E-state index is 11.3. The summed E-state index contributed by atoms with van der Waals surface area (Å²) in [6.45, 7) is 0.211. The van der Waals surface area contributed by atoms with Crippen LogP contribution in [0.25, 0.3) is 0 Å². The first kappa shape index (κ1) is 11.9. The minimum Gasteiger partial charge on any atom is -0.463 e. The van der Waals surface area contributed by atoms with Crippen LogP contribution in [0.4, 0.5) is 4.79 Å². The van der Waals surface area contributed by atoms with Gasteiger partial charge in [0.2, 0.25) is 0 Å². The van der Waals surface area contributed by atoms with Crippen molar-refractivity contribution in [2.45, 2.75) is 6.61 Å². The summed E-state index contributed by atoms with van der Waals surface area (Å²) in [7, 11) is 0. The fourth-order valence-corrected chi connectivity index (χ4v) is 1.27. The van der Waals surface area contributed by atoms with Gasteiger partial charge >= 0.3 is 6.09 Å². The molecule has 0 unspecified atom stereocenters. The van der Waals surface area contributed by atoms with Crippen LogP contribution >= 0.6 is 0 Å². The zero-order valence-corrected chi connectivity index (χ0v) is 9.58. The second kappa shape index (κ2) is 6.24. The Hall–Kier alpha value is -2.56. The Balaban J connectivity index is 1.73. The van der Waals surface area contributed by atoms with Gasteiger partial charge in [-0.05, 0) is 17.7 Å². The normalized spacial score (nSPS) is 10.4. The van der Waals surface area contributed by atoms with Gasteiger partial charge in [-0.3, -0.25) is 0 Å². The van der Waals surface area contributed by atoms with Gasteiger partial charge in [-0.25, -0.2) is 10.2 Å². The number of hydrogen-bond acceptors (Lipinski definition) is 4. The Labute approximate surface area is 104 Å². The van der Waals surface area contributed by atoms with Gasteiger partial charge in [0.15, 0.2) is 0 Å². The van der Waals surface area contributed by atoms with E-state index >= 15 is 0 Å². The van der Waals surface area contributed by atoms with E-state index in [9.17, 15) is 4.79 Å². The highest BCUT2D eigenvalue weighted by atomic mass is 16.6. The number of hydrazone groups is 1. The maximum Gasteiger partial charge on any atom is 0.428 e. The Kier molecular flexibility index (Phi) is 4.13. The highest BCUT2D eigenvalue weighted by molar-refractivity contribution is 5.77. The molecule has 0 fully saturated rings. The van der Waals surface area contributed by atoms with Gasteiger partial charge in [0.1, 0.15) is 12.4 Å². The first-order valence-corrected chi connectivity index (χ1v) is 5.38. The van der Waals surface area contributed by atoms with Gasteiger partial charge < -0.3 is 9.15 Å². The maximum atomic E-state index is 11.3. The van der Waals surface area contributed by atoms with Gasteiger partial charge in [-0.15, -0.1) is 0 Å². The molecule has 1 amide bonds. The summed E-state index contributed by atoms with van der Waals surface area (Å²) >= 11 is 0. The van der Waals surface area contributed by atoms with Crippen molar-refractivity contribution in [3.05, 3.63) is 60.1 Å². The van der Waals surface area contributed by atoms with Crippen molar-refractivity contribution >= 4 is 12.3 Å². The molecule has 0 saturated heterocycles. The quantitative estimate of drug-likeness (QED) is 0.664. The lowest BCUT2D eigenvalue weighted by Gasteiger charge is -2.02. The lowest BCUT2D eigenvalue weighted by molar-refractivity contribution is 0.140. The molecule has 92 valence electrons. The summed E-state index contributed by atoms with van der Waals surface area (Å²) in [5.74, 6) is 0.554. The fourth-order valence-electron chi connectivity index (χ4n) is 1.27. The molecule has 2 aromatic rings. The molecule has 0 saturated carbocycles. The molecule has 0 spiro atoms. The minimum absolute atomic E-state index is 0.211. The summed E-state index contributed by atoms with van der Waals surface area (Å²) in [4.78, 5) is 11.3. The molecule has 2 rings (SSSR count). The molecule has 0 atom stereocenters. The Morgan fingerprint density at radius 3 is 2.83 bits per heavy atom. The average molecular weight is 244 g/mol. The molecule has 0 bridgehead atoms. The number of hydrogen-bond donors (Lipinski definition) is 1. The van der Waals surface area contributed by atoms with E-state index in [1.54, 1.807) is 12.1 Å². The van der Waals surface area contributed by atoms with E-state index in [4.69, 9.17) is 9.15 Å². The summed E-state index contributed by atoms with van der Waals surface area (Å²) in [6.07, 6.45) is 2.31. The van der Waals surface area contributed by atoms with Gasteiger partial charge in [0, 0.05) is 0 Å². The van der Waals surface area contributed by atoms with Crippen LogP contribution in [0.1, 0.15) is 11.3 Å². The number of carbonyl (C=O) groups is 1. The van der Waals surface area contributed by atoms with Crippen molar-refractivity contribution in [3.8, 4) is 0 Å². The zero-order chi connectivity index (χ0) is 12.6. The minimum atomic E-state index is -0.610. The van der Waals surface area contributed by atoms with Crippen molar-refractivity contribution in [2.24, 2.45) is 5.10 Å². The average Bonchev–Trinajstić information content (AvgIpc) is 2.91. The van der Waals surface area contributed by atoms with Crippen molar-refractivity contribution in [3.63, 3.8) is 0 Å². The van der Waals surface area contributed by atoms with Crippen molar-refractivity contribution in [1.82, 2.24) is 5.43 Å². The number of furan rings is 1. The van der Waals surface area contributed by atoms with E-state index in [0.717, 1.165) is 5.56 Å². The molecule has 0 radical (unpaired) electrons. The molecule has 5 heteroatoms. The number of amides is 1.